The lowest BCUT2D eigenvalue weighted by Crippen LogP contribution is -2.30. The van der Waals surface area contributed by atoms with Crippen molar-refractivity contribution in [3.63, 3.8) is 0 Å². The summed E-state index contributed by atoms with van der Waals surface area (Å²) in [6, 6.07) is 6.66. The molecule has 2 aromatic heterocycles. The van der Waals surface area contributed by atoms with Gasteiger partial charge in [-0.2, -0.15) is 5.10 Å². The molecule has 0 spiro atoms. The van der Waals surface area contributed by atoms with Crippen LogP contribution in [0.1, 0.15) is 13.3 Å². The van der Waals surface area contributed by atoms with Gasteiger partial charge in [0.1, 0.15) is 23.5 Å². The lowest BCUT2D eigenvalue weighted by molar-refractivity contribution is 0.217. The van der Waals surface area contributed by atoms with Gasteiger partial charge in [-0.05, 0) is 44.2 Å². The quantitative estimate of drug-likeness (QED) is 0.658. The van der Waals surface area contributed by atoms with E-state index in [9.17, 15) is 4.39 Å². The molecule has 0 saturated heterocycles. The predicted octanol–water partition coefficient (Wildman–Crippen LogP) is 2.71. The molecule has 0 aliphatic carbocycles. The Morgan fingerprint density at radius 3 is 3.08 bits per heavy atom. The van der Waals surface area contributed by atoms with Crippen LogP contribution in [-0.4, -0.2) is 40.3 Å². The second kappa shape index (κ2) is 6.68. The molecule has 1 aliphatic heterocycles. The fourth-order valence-corrected chi connectivity index (χ4v) is 2.95. The molecule has 4 rings (SSSR count). The maximum atomic E-state index is 14.5. The van der Waals surface area contributed by atoms with Gasteiger partial charge in [0.2, 0.25) is 0 Å². The van der Waals surface area contributed by atoms with E-state index < -0.39 is 0 Å². The minimum absolute atomic E-state index is 0.0113. The summed E-state index contributed by atoms with van der Waals surface area (Å²) in [5, 5.41) is 11.0. The lowest BCUT2D eigenvalue weighted by atomic mass is 10.1. The Kier molecular flexibility index (Phi) is 4.23. The first-order chi connectivity index (χ1) is 12.2. The van der Waals surface area contributed by atoms with Crippen molar-refractivity contribution in [2.75, 3.05) is 25.0 Å². The molecule has 0 saturated carbocycles. The van der Waals surface area contributed by atoms with Gasteiger partial charge in [0.15, 0.2) is 5.65 Å². The van der Waals surface area contributed by atoms with Crippen molar-refractivity contribution >= 4 is 11.5 Å². The molecule has 1 unspecified atom stereocenters. The molecule has 3 heterocycles. The highest BCUT2D eigenvalue weighted by atomic mass is 19.1. The largest absolute Gasteiger partial charge is 0.489 e. The Morgan fingerprint density at radius 2 is 2.16 bits per heavy atom. The summed E-state index contributed by atoms with van der Waals surface area (Å²) < 4.78 is 22.0. The summed E-state index contributed by atoms with van der Waals surface area (Å²) in [4.78, 5) is 4.60. The number of nitrogens with zero attached hydrogens (tertiary/aromatic N) is 3. The molecule has 4 bridgehead atoms. The van der Waals surface area contributed by atoms with Crippen molar-refractivity contribution in [2.24, 2.45) is 0 Å². The Bertz CT molecular complexity index is 894. The Labute approximate surface area is 145 Å². The zero-order chi connectivity index (χ0) is 17.2. The summed E-state index contributed by atoms with van der Waals surface area (Å²) in [6.07, 6.45) is 4.42. The van der Waals surface area contributed by atoms with E-state index in [1.807, 2.05) is 19.2 Å². The monoisotopic (exact) mass is 341 g/mol. The number of benzene rings is 1. The summed E-state index contributed by atoms with van der Waals surface area (Å²) in [7, 11) is 0. The second-order valence-electron chi connectivity index (χ2n) is 6.19. The van der Waals surface area contributed by atoms with Gasteiger partial charge in [-0.1, -0.05) is 0 Å². The summed E-state index contributed by atoms with van der Waals surface area (Å²) in [5.41, 5.74) is 1.70. The van der Waals surface area contributed by atoms with Crippen LogP contribution in [0, 0.1) is 5.82 Å². The van der Waals surface area contributed by atoms with Crippen molar-refractivity contribution in [3.8, 4) is 16.9 Å². The molecule has 130 valence electrons. The Morgan fingerprint density at radius 1 is 1.24 bits per heavy atom. The average Bonchev–Trinajstić information content (AvgIpc) is 3.02. The highest BCUT2D eigenvalue weighted by Gasteiger charge is 2.15. The van der Waals surface area contributed by atoms with Crippen LogP contribution in [0.4, 0.5) is 10.2 Å². The van der Waals surface area contributed by atoms with E-state index in [1.54, 1.807) is 22.8 Å². The molecular formula is C18H20FN5O. The van der Waals surface area contributed by atoms with Gasteiger partial charge in [0.25, 0.3) is 0 Å². The van der Waals surface area contributed by atoms with E-state index in [1.165, 1.54) is 6.07 Å². The summed E-state index contributed by atoms with van der Waals surface area (Å²) >= 11 is 0. The first-order valence-electron chi connectivity index (χ1n) is 8.46. The van der Waals surface area contributed by atoms with Crippen LogP contribution in [0.5, 0.6) is 5.75 Å². The lowest BCUT2D eigenvalue weighted by Gasteiger charge is -2.16. The fourth-order valence-electron chi connectivity index (χ4n) is 2.95. The maximum absolute atomic E-state index is 14.5. The van der Waals surface area contributed by atoms with E-state index in [0.29, 0.717) is 22.5 Å². The highest BCUT2D eigenvalue weighted by Crippen LogP contribution is 2.30. The van der Waals surface area contributed by atoms with Crippen LogP contribution in [0.15, 0.2) is 36.7 Å². The zero-order valence-corrected chi connectivity index (χ0v) is 14.0. The Balaban J connectivity index is 1.82. The molecular weight excluding hydrogens is 321 g/mol. The molecule has 0 amide bonds. The third-order valence-corrected chi connectivity index (χ3v) is 4.20. The van der Waals surface area contributed by atoms with Crippen molar-refractivity contribution in [1.82, 2.24) is 19.9 Å². The maximum Gasteiger partial charge on any atom is 0.165 e. The molecule has 1 aromatic carbocycles. The average molecular weight is 341 g/mol. The third-order valence-electron chi connectivity index (χ3n) is 4.20. The normalized spacial score (nSPS) is 18.2. The van der Waals surface area contributed by atoms with E-state index in [0.717, 1.165) is 31.9 Å². The van der Waals surface area contributed by atoms with Crippen LogP contribution in [0.3, 0.4) is 0 Å². The van der Waals surface area contributed by atoms with Gasteiger partial charge in [0, 0.05) is 30.4 Å². The molecule has 25 heavy (non-hydrogen) atoms. The van der Waals surface area contributed by atoms with Crippen molar-refractivity contribution in [2.45, 2.75) is 19.4 Å². The molecule has 2 N–H and O–H groups in total. The van der Waals surface area contributed by atoms with Crippen molar-refractivity contribution in [3.05, 3.63) is 42.5 Å². The van der Waals surface area contributed by atoms with Crippen molar-refractivity contribution < 1.29 is 9.13 Å². The standard InChI is InChI=1S/C18H20FN5O/c1-12-10-20-6-2-7-21-17-5-8-24-18(23-17)15(11-22-24)14-9-13(25-12)3-4-16(14)19/h3-5,8-9,11-12,20H,2,6-7,10H2,1H3,(H,21,23). The SMILES string of the molecule is CC1CNCCCNc2ccn3ncc(c3n2)-c2cc(ccc2F)O1. The zero-order valence-electron chi connectivity index (χ0n) is 14.0. The summed E-state index contributed by atoms with van der Waals surface area (Å²) in [5.74, 6) is 1.07. The van der Waals surface area contributed by atoms with Gasteiger partial charge in [-0.15, -0.1) is 0 Å². The number of ether oxygens (including phenoxy) is 1. The number of aromatic nitrogens is 3. The van der Waals surface area contributed by atoms with Crippen molar-refractivity contribution in [1.29, 1.82) is 0 Å². The van der Waals surface area contributed by atoms with Crippen LogP contribution < -0.4 is 15.4 Å². The minimum atomic E-state index is -0.322. The molecule has 0 radical (unpaired) electrons. The molecule has 7 heteroatoms. The van der Waals surface area contributed by atoms with E-state index in [-0.39, 0.29) is 11.9 Å². The molecule has 1 aliphatic rings. The molecule has 1 atom stereocenters. The van der Waals surface area contributed by atoms with Crippen LogP contribution in [-0.2, 0) is 0 Å². The predicted molar refractivity (Wildman–Crippen MR) is 94.4 cm³/mol. The van der Waals surface area contributed by atoms with Gasteiger partial charge in [-0.3, -0.25) is 0 Å². The highest BCUT2D eigenvalue weighted by molar-refractivity contribution is 5.78. The first kappa shape index (κ1) is 15.8. The van der Waals surface area contributed by atoms with Crippen LogP contribution in [0.25, 0.3) is 16.8 Å². The first-order valence-corrected chi connectivity index (χ1v) is 8.46. The summed E-state index contributed by atoms with van der Waals surface area (Å²) in [6.45, 7) is 4.42. The number of anilines is 1. The van der Waals surface area contributed by atoms with Crippen LogP contribution in [0.2, 0.25) is 0 Å². The van der Waals surface area contributed by atoms with Gasteiger partial charge < -0.3 is 15.4 Å². The number of nitrogens with one attached hydrogen (secondary N) is 2. The topological polar surface area (TPSA) is 63.5 Å². The number of hydrogen-bond acceptors (Lipinski definition) is 5. The molecule has 6 nitrogen and oxygen atoms in total. The number of fused-ring (bicyclic) bond motifs is 4. The third kappa shape index (κ3) is 3.28. The van der Waals surface area contributed by atoms with Crippen LogP contribution >= 0.6 is 0 Å². The fraction of sp³-hybridized carbons (Fsp3) is 0.333. The van der Waals surface area contributed by atoms with Gasteiger partial charge in [0.05, 0.1) is 6.20 Å². The number of halogens is 1. The molecule has 3 aromatic rings. The number of rotatable bonds is 0. The van der Waals surface area contributed by atoms with E-state index >= 15 is 0 Å². The second-order valence-corrected chi connectivity index (χ2v) is 6.19. The van der Waals surface area contributed by atoms with Gasteiger partial charge in [-0.25, -0.2) is 13.9 Å². The molecule has 0 fully saturated rings. The minimum Gasteiger partial charge on any atom is -0.489 e. The number of hydrogen-bond donors (Lipinski definition) is 2. The Hall–Kier alpha value is -2.67. The van der Waals surface area contributed by atoms with E-state index in [4.69, 9.17) is 4.74 Å². The van der Waals surface area contributed by atoms with E-state index in [2.05, 4.69) is 20.7 Å². The van der Waals surface area contributed by atoms with Gasteiger partial charge >= 0.3 is 0 Å². The smallest absolute Gasteiger partial charge is 0.165 e.